The fourth-order valence-corrected chi connectivity index (χ4v) is 4.80. The molecule has 10 atom stereocenters. The lowest BCUT2D eigenvalue weighted by Gasteiger charge is -2.39. The molecule has 0 aliphatic carbocycles. The summed E-state index contributed by atoms with van der Waals surface area (Å²) in [7, 11) is 0. The maximum atomic E-state index is 12.9. The van der Waals surface area contributed by atoms with Crippen molar-refractivity contribution in [1.82, 2.24) is 0 Å². The molecule has 3 heterocycles. The Labute approximate surface area is 241 Å². The lowest BCUT2D eigenvalue weighted by molar-refractivity contribution is -0.277. The molecule has 0 bridgehead atoms. The van der Waals surface area contributed by atoms with Crippen LogP contribution in [0, 0.1) is 0 Å². The van der Waals surface area contributed by atoms with Crippen molar-refractivity contribution < 1.29 is 74.4 Å². The van der Waals surface area contributed by atoms with E-state index in [-0.39, 0.29) is 33.8 Å². The van der Waals surface area contributed by atoms with Crippen molar-refractivity contribution in [3.63, 3.8) is 0 Å². The van der Waals surface area contributed by atoms with Gasteiger partial charge in [-0.1, -0.05) is 0 Å². The van der Waals surface area contributed by atoms with Crippen molar-refractivity contribution in [2.45, 2.75) is 61.4 Å². The second kappa shape index (κ2) is 12.2. The molecule has 5 rings (SSSR count). The summed E-state index contributed by atoms with van der Waals surface area (Å²) in [6.07, 6.45) is -15.9. The first-order valence-electron chi connectivity index (χ1n) is 13.0. The Morgan fingerprint density at radius 1 is 0.674 bits per heavy atom. The SMILES string of the molecule is O=c1cc(-c2ccc(O)c(O[C@H]3O[C@@H](CO)[C@H](O)[C@H](O)[C@@H]3O)c2)oc2cc(O[C@H]3O[C@@H](CO)[C@H](O)[C@H](O)[C@@H]3O)cc(O)c12. The van der Waals surface area contributed by atoms with Crippen LogP contribution in [0.25, 0.3) is 22.3 Å². The zero-order valence-corrected chi connectivity index (χ0v) is 22.1. The van der Waals surface area contributed by atoms with Crippen LogP contribution in [-0.2, 0) is 9.47 Å². The van der Waals surface area contributed by atoms with E-state index >= 15 is 0 Å². The van der Waals surface area contributed by atoms with Crippen LogP contribution in [0.4, 0.5) is 0 Å². The number of rotatable bonds is 7. The fourth-order valence-electron chi connectivity index (χ4n) is 4.80. The predicted molar refractivity (Wildman–Crippen MR) is 140 cm³/mol. The van der Waals surface area contributed by atoms with E-state index in [1.807, 2.05) is 0 Å². The van der Waals surface area contributed by atoms with Gasteiger partial charge < -0.3 is 74.4 Å². The maximum absolute atomic E-state index is 12.9. The summed E-state index contributed by atoms with van der Waals surface area (Å²) >= 11 is 0. The molecule has 0 saturated carbocycles. The zero-order valence-electron chi connectivity index (χ0n) is 22.1. The molecule has 234 valence electrons. The number of ether oxygens (including phenoxy) is 4. The van der Waals surface area contributed by atoms with Crippen molar-refractivity contribution in [1.29, 1.82) is 0 Å². The van der Waals surface area contributed by atoms with Crippen LogP contribution >= 0.6 is 0 Å². The summed E-state index contributed by atoms with van der Waals surface area (Å²) < 4.78 is 27.5. The van der Waals surface area contributed by atoms with Crippen LogP contribution < -0.4 is 14.9 Å². The molecule has 43 heavy (non-hydrogen) atoms. The van der Waals surface area contributed by atoms with E-state index in [1.54, 1.807) is 0 Å². The number of phenolic OH excluding ortho intramolecular Hbond substituents is 2. The number of fused-ring (bicyclic) bond motifs is 1. The molecule has 0 amide bonds. The highest BCUT2D eigenvalue weighted by molar-refractivity contribution is 5.86. The average molecular weight is 611 g/mol. The molecular formula is C27H30O16. The van der Waals surface area contributed by atoms with Gasteiger partial charge in [-0.25, -0.2) is 0 Å². The summed E-state index contributed by atoms with van der Waals surface area (Å²) in [6.45, 7) is -1.39. The lowest BCUT2D eigenvalue weighted by atomic mass is 9.99. The van der Waals surface area contributed by atoms with E-state index in [0.717, 1.165) is 12.1 Å². The zero-order chi connectivity index (χ0) is 31.2. The summed E-state index contributed by atoms with van der Waals surface area (Å²) in [6, 6.07) is 7.02. The Morgan fingerprint density at radius 3 is 1.84 bits per heavy atom. The van der Waals surface area contributed by atoms with Crippen LogP contribution in [0.15, 0.2) is 45.6 Å². The van der Waals surface area contributed by atoms with Gasteiger partial charge in [-0.3, -0.25) is 4.79 Å². The Balaban J connectivity index is 1.45. The quantitative estimate of drug-likeness (QED) is 0.130. The van der Waals surface area contributed by atoms with Crippen molar-refractivity contribution in [2.24, 2.45) is 0 Å². The molecule has 2 aromatic carbocycles. The van der Waals surface area contributed by atoms with E-state index < -0.39 is 91.6 Å². The lowest BCUT2D eigenvalue weighted by Crippen LogP contribution is -2.60. The van der Waals surface area contributed by atoms with Gasteiger partial charge in [-0.05, 0) is 18.2 Å². The predicted octanol–water partition coefficient (Wildman–Crippen LogP) is -2.77. The third-order valence-electron chi connectivity index (χ3n) is 7.22. The highest BCUT2D eigenvalue weighted by atomic mass is 16.7. The summed E-state index contributed by atoms with van der Waals surface area (Å²) in [5, 5.41) is 99.9. The first-order valence-corrected chi connectivity index (χ1v) is 13.0. The van der Waals surface area contributed by atoms with Gasteiger partial charge in [0.15, 0.2) is 16.9 Å². The highest BCUT2D eigenvalue weighted by Gasteiger charge is 2.46. The molecule has 1 aromatic heterocycles. The van der Waals surface area contributed by atoms with Crippen LogP contribution in [0.5, 0.6) is 23.0 Å². The maximum Gasteiger partial charge on any atom is 0.229 e. The van der Waals surface area contributed by atoms with Gasteiger partial charge in [0.2, 0.25) is 12.6 Å². The number of benzene rings is 2. The third-order valence-corrected chi connectivity index (χ3v) is 7.22. The molecule has 3 aromatic rings. The topological polar surface area (TPSA) is 269 Å². The van der Waals surface area contributed by atoms with Gasteiger partial charge in [0.05, 0.1) is 13.2 Å². The van der Waals surface area contributed by atoms with Gasteiger partial charge in [0.1, 0.15) is 77.1 Å². The summed E-state index contributed by atoms with van der Waals surface area (Å²) in [5.74, 6) is -1.54. The molecule has 10 N–H and O–H groups in total. The van der Waals surface area contributed by atoms with Gasteiger partial charge in [0.25, 0.3) is 0 Å². The second-order valence-electron chi connectivity index (χ2n) is 10.1. The van der Waals surface area contributed by atoms with E-state index in [4.69, 9.17) is 23.4 Å². The number of aliphatic hydroxyl groups excluding tert-OH is 8. The molecule has 0 spiro atoms. The van der Waals surface area contributed by atoms with Gasteiger partial charge in [-0.2, -0.15) is 0 Å². The molecule has 0 radical (unpaired) electrons. The minimum atomic E-state index is -1.76. The van der Waals surface area contributed by atoms with Crippen LogP contribution in [0.1, 0.15) is 0 Å². The largest absolute Gasteiger partial charge is 0.507 e. The van der Waals surface area contributed by atoms with Crippen molar-refractivity contribution >= 4 is 11.0 Å². The monoisotopic (exact) mass is 610 g/mol. The molecular weight excluding hydrogens is 580 g/mol. The van der Waals surface area contributed by atoms with E-state index in [2.05, 4.69) is 0 Å². The summed E-state index contributed by atoms with van der Waals surface area (Å²) in [5.41, 5.74) is -0.708. The molecule has 2 saturated heterocycles. The minimum Gasteiger partial charge on any atom is -0.507 e. The van der Waals surface area contributed by atoms with Crippen molar-refractivity contribution in [3.8, 4) is 34.3 Å². The van der Waals surface area contributed by atoms with E-state index in [1.165, 1.54) is 24.3 Å². The molecule has 0 unspecified atom stereocenters. The highest BCUT2D eigenvalue weighted by Crippen LogP contribution is 2.37. The Hall–Kier alpha value is -3.55. The Kier molecular flexibility index (Phi) is 8.77. The first-order chi connectivity index (χ1) is 20.4. The minimum absolute atomic E-state index is 0.0828. The molecule has 16 nitrogen and oxygen atoms in total. The number of phenols is 2. The van der Waals surface area contributed by atoms with Crippen molar-refractivity contribution in [2.75, 3.05) is 13.2 Å². The average Bonchev–Trinajstić information content (AvgIpc) is 2.98. The van der Waals surface area contributed by atoms with Crippen molar-refractivity contribution in [3.05, 3.63) is 46.6 Å². The molecule has 2 fully saturated rings. The summed E-state index contributed by atoms with van der Waals surface area (Å²) in [4.78, 5) is 12.9. The third kappa shape index (κ3) is 5.85. The van der Waals surface area contributed by atoms with Crippen LogP contribution in [0.2, 0.25) is 0 Å². The fraction of sp³-hybridized carbons (Fsp3) is 0.444. The van der Waals surface area contributed by atoms with E-state index in [9.17, 15) is 55.9 Å². The number of aliphatic hydroxyl groups is 8. The smallest absolute Gasteiger partial charge is 0.229 e. The molecule has 16 heteroatoms. The van der Waals surface area contributed by atoms with Gasteiger partial charge in [0, 0.05) is 23.8 Å². The second-order valence-corrected chi connectivity index (χ2v) is 10.1. The normalized spacial score (nSPS) is 32.9. The van der Waals surface area contributed by atoms with Gasteiger partial charge >= 0.3 is 0 Å². The van der Waals surface area contributed by atoms with Crippen LogP contribution in [0.3, 0.4) is 0 Å². The Morgan fingerprint density at radius 2 is 1.26 bits per heavy atom. The van der Waals surface area contributed by atoms with Crippen LogP contribution in [-0.4, -0.2) is 126 Å². The number of hydrogen-bond acceptors (Lipinski definition) is 16. The first kappa shape index (κ1) is 30.9. The number of hydrogen-bond donors (Lipinski definition) is 10. The van der Waals surface area contributed by atoms with E-state index in [0.29, 0.717) is 0 Å². The van der Waals surface area contributed by atoms with Gasteiger partial charge in [-0.15, -0.1) is 0 Å². The number of aromatic hydroxyl groups is 2. The molecule has 2 aliphatic heterocycles. The molecule has 2 aliphatic rings. The Bertz CT molecular complexity index is 1500. The standard InChI is InChI=1S/C27H30O16/c28-7-17-20(33)22(35)24(37)26(42-17)39-10-4-12(31)19-13(32)6-14(40-16(19)5-10)9-1-2-11(30)15(3-9)41-27-25(38)23(36)21(34)18(8-29)43-27/h1-6,17-18,20-31,33-38H,7-8H2/t17-,18-,20-,21-,22-,23-,24-,25-,26-,27-/m0/s1.